The van der Waals surface area contributed by atoms with E-state index in [2.05, 4.69) is 25.5 Å². The molecule has 0 atom stereocenters. The van der Waals surface area contributed by atoms with Crippen molar-refractivity contribution in [2.24, 2.45) is 0 Å². The van der Waals surface area contributed by atoms with Gasteiger partial charge in [-0.25, -0.2) is 9.97 Å². The highest BCUT2D eigenvalue weighted by atomic mass is 35.5. The predicted molar refractivity (Wildman–Crippen MR) is 86.3 cm³/mol. The van der Waals surface area contributed by atoms with Gasteiger partial charge in [0.25, 0.3) is 0 Å². The largest absolute Gasteiger partial charge is 0.369 e. The Morgan fingerprint density at radius 3 is 2.91 bits per heavy atom. The lowest BCUT2D eigenvalue weighted by molar-refractivity contribution is 0.859. The van der Waals surface area contributed by atoms with Gasteiger partial charge in [-0.15, -0.1) is 10.2 Å². The van der Waals surface area contributed by atoms with Gasteiger partial charge in [0.05, 0.1) is 0 Å². The number of aromatic nitrogens is 5. The number of hydrogen-bond acceptors (Lipinski definition) is 5. The number of fused-ring (bicyclic) bond motifs is 1. The first kappa shape index (κ1) is 14.7. The Morgan fingerprint density at radius 2 is 2.09 bits per heavy atom. The standard InChI is InChI=1S/C15H17ClN6/c1-3-11-18-14(16)10(2)15(19-11)17-8-7-13-21-20-12-6-4-5-9-22(12)13/h4-6,9H,3,7-8H2,1-2H3,(H,17,18,19). The molecule has 3 rings (SSSR count). The van der Waals surface area contributed by atoms with Crippen molar-refractivity contribution in [3.05, 3.63) is 46.8 Å². The Bertz CT molecular complexity index is 798. The molecule has 1 N–H and O–H groups in total. The number of pyridine rings is 1. The van der Waals surface area contributed by atoms with Crippen molar-refractivity contribution in [2.45, 2.75) is 26.7 Å². The van der Waals surface area contributed by atoms with Crippen molar-refractivity contribution in [3.63, 3.8) is 0 Å². The summed E-state index contributed by atoms with van der Waals surface area (Å²) in [6.07, 6.45) is 3.46. The van der Waals surface area contributed by atoms with Crippen LogP contribution < -0.4 is 5.32 Å². The summed E-state index contributed by atoms with van der Waals surface area (Å²) in [5.74, 6) is 2.44. The van der Waals surface area contributed by atoms with Crippen LogP contribution in [-0.2, 0) is 12.8 Å². The molecule has 114 valence electrons. The number of hydrogen-bond donors (Lipinski definition) is 1. The minimum Gasteiger partial charge on any atom is -0.369 e. The molecule has 22 heavy (non-hydrogen) atoms. The van der Waals surface area contributed by atoms with Crippen LogP contribution in [0.2, 0.25) is 5.15 Å². The molecule has 0 radical (unpaired) electrons. The minimum atomic E-state index is 0.502. The Labute approximate surface area is 133 Å². The van der Waals surface area contributed by atoms with Gasteiger partial charge in [0.15, 0.2) is 5.65 Å². The van der Waals surface area contributed by atoms with Crippen molar-refractivity contribution in [3.8, 4) is 0 Å². The molecule has 0 unspecified atom stereocenters. The van der Waals surface area contributed by atoms with Crippen LogP contribution in [0.15, 0.2) is 24.4 Å². The van der Waals surface area contributed by atoms with Gasteiger partial charge in [-0.05, 0) is 19.1 Å². The van der Waals surface area contributed by atoms with E-state index < -0.39 is 0 Å². The number of nitrogens with zero attached hydrogens (tertiary/aromatic N) is 5. The molecular weight excluding hydrogens is 300 g/mol. The van der Waals surface area contributed by atoms with Gasteiger partial charge in [-0.2, -0.15) is 0 Å². The first-order valence-electron chi connectivity index (χ1n) is 7.24. The fourth-order valence-electron chi connectivity index (χ4n) is 2.22. The summed E-state index contributed by atoms with van der Waals surface area (Å²) in [5, 5.41) is 12.2. The fourth-order valence-corrected chi connectivity index (χ4v) is 2.40. The van der Waals surface area contributed by atoms with Gasteiger partial charge in [-0.3, -0.25) is 4.40 Å². The van der Waals surface area contributed by atoms with E-state index in [1.807, 2.05) is 42.6 Å². The average Bonchev–Trinajstić information content (AvgIpc) is 2.94. The summed E-state index contributed by atoms with van der Waals surface area (Å²) in [4.78, 5) is 8.72. The van der Waals surface area contributed by atoms with Crippen LogP contribution in [0.25, 0.3) is 5.65 Å². The molecule has 0 spiro atoms. The van der Waals surface area contributed by atoms with Gasteiger partial charge in [0.2, 0.25) is 0 Å². The van der Waals surface area contributed by atoms with Crippen LogP contribution >= 0.6 is 11.6 Å². The molecule has 0 aromatic carbocycles. The van der Waals surface area contributed by atoms with Crippen molar-refractivity contribution in [1.29, 1.82) is 0 Å². The van der Waals surface area contributed by atoms with E-state index in [9.17, 15) is 0 Å². The summed E-state index contributed by atoms with van der Waals surface area (Å²) in [6.45, 7) is 4.62. The Hall–Kier alpha value is -2.21. The summed E-state index contributed by atoms with van der Waals surface area (Å²) >= 11 is 6.14. The third kappa shape index (κ3) is 2.87. The lowest BCUT2D eigenvalue weighted by Crippen LogP contribution is -2.11. The highest BCUT2D eigenvalue weighted by Gasteiger charge is 2.09. The third-order valence-corrected chi connectivity index (χ3v) is 3.84. The number of nitrogens with one attached hydrogen (secondary N) is 1. The second kappa shape index (κ2) is 6.27. The Kier molecular flexibility index (Phi) is 4.20. The number of anilines is 1. The van der Waals surface area contributed by atoms with E-state index in [4.69, 9.17) is 11.6 Å². The highest BCUT2D eigenvalue weighted by molar-refractivity contribution is 6.30. The topological polar surface area (TPSA) is 68.0 Å². The smallest absolute Gasteiger partial charge is 0.160 e. The summed E-state index contributed by atoms with van der Waals surface area (Å²) in [7, 11) is 0. The van der Waals surface area contributed by atoms with Gasteiger partial charge in [0.1, 0.15) is 22.6 Å². The first-order chi connectivity index (χ1) is 10.7. The van der Waals surface area contributed by atoms with Crippen molar-refractivity contribution in [2.75, 3.05) is 11.9 Å². The zero-order valence-electron chi connectivity index (χ0n) is 12.5. The Balaban J connectivity index is 1.72. The van der Waals surface area contributed by atoms with Gasteiger partial charge in [-0.1, -0.05) is 24.6 Å². The van der Waals surface area contributed by atoms with E-state index in [1.165, 1.54) is 0 Å². The highest BCUT2D eigenvalue weighted by Crippen LogP contribution is 2.20. The van der Waals surface area contributed by atoms with Crippen molar-refractivity contribution < 1.29 is 0 Å². The SMILES string of the molecule is CCc1nc(Cl)c(C)c(NCCc2nnc3ccccn23)n1. The van der Waals surface area contributed by atoms with E-state index in [0.29, 0.717) is 11.7 Å². The third-order valence-electron chi connectivity index (χ3n) is 3.47. The number of aryl methyl sites for hydroxylation is 1. The molecule has 6 nitrogen and oxygen atoms in total. The predicted octanol–water partition coefficient (Wildman–Crippen LogP) is 2.70. The maximum absolute atomic E-state index is 6.14. The fraction of sp³-hybridized carbons (Fsp3) is 0.333. The molecule has 3 heterocycles. The Morgan fingerprint density at radius 1 is 1.23 bits per heavy atom. The molecule has 0 aliphatic rings. The molecule has 0 saturated carbocycles. The second-order valence-corrected chi connectivity index (χ2v) is 5.34. The maximum atomic E-state index is 6.14. The van der Waals surface area contributed by atoms with Gasteiger partial charge in [0, 0.05) is 31.1 Å². The summed E-state index contributed by atoms with van der Waals surface area (Å²) in [6, 6.07) is 5.85. The minimum absolute atomic E-state index is 0.502. The van der Waals surface area contributed by atoms with Crippen LogP contribution in [0, 0.1) is 6.92 Å². The zero-order chi connectivity index (χ0) is 15.5. The van der Waals surface area contributed by atoms with Crippen molar-refractivity contribution >= 4 is 23.1 Å². The molecule has 3 aromatic rings. The van der Waals surface area contributed by atoms with E-state index in [1.54, 1.807) is 0 Å². The van der Waals surface area contributed by atoms with Gasteiger partial charge < -0.3 is 5.32 Å². The van der Waals surface area contributed by atoms with Crippen LogP contribution in [0.1, 0.15) is 24.1 Å². The van der Waals surface area contributed by atoms with E-state index in [0.717, 1.165) is 41.5 Å². The normalized spacial score (nSPS) is 11.0. The van der Waals surface area contributed by atoms with Crippen molar-refractivity contribution in [1.82, 2.24) is 24.6 Å². The molecule has 0 bridgehead atoms. The first-order valence-corrected chi connectivity index (χ1v) is 7.62. The van der Waals surface area contributed by atoms with E-state index >= 15 is 0 Å². The zero-order valence-corrected chi connectivity index (χ0v) is 13.3. The lowest BCUT2D eigenvalue weighted by atomic mass is 10.3. The molecule has 0 aliphatic carbocycles. The van der Waals surface area contributed by atoms with Crippen LogP contribution in [0.5, 0.6) is 0 Å². The molecule has 0 saturated heterocycles. The molecule has 0 fully saturated rings. The molecular formula is C15H17ClN6. The molecule has 7 heteroatoms. The summed E-state index contributed by atoms with van der Waals surface area (Å²) in [5.41, 5.74) is 1.72. The second-order valence-electron chi connectivity index (χ2n) is 4.98. The summed E-state index contributed by atoms with van der Waals surface area (Å²) < 4.78 is 1.99. The average molecular weight is 317 g/mol. The molecule has 0 amide bonds. The maximum Gasteiger partial charge on any atom is 0.160 e. The van der Waals surface area contributed by atoms with Crippen LogP contribution in [0.4, 0.5) is 5.82 Å². The number of halogens is 1. The van der Waals surface area contributed by atoms with Crippen LogP contribution in [0.3, 0.4) is 0 Å². The quantitative estimate of drug-likeness (QED) is 0.733. The van der Waals surface area contributed by atoms with E-state index in [-0.39, 0.29) is 0 Å². The molecule has 0 aliphatic heterocycles. The number of rotatable bonds is 5. The monoisotopic (exact) mass is 316 g/mol. The van der Waals surface area contributed by atoms with Crippen LogP contribution in [-0.4, -0.2) is 31.1 Å². The molecule has 3 aromatic heterocycles. The van der Waals surface area contributed by atoms with Gasteiger partial charge >= 0.3 is 0 Å². The lowest BCUT2D eigenvalue weighted by Gasteiger charge is -2.10.